The lowest BCUT2D eigenvalue weighted by Crippen LogP contribution is -2.30. The van der Waals surface area contributed by atoms with Crippen LogP contribution in [0.2, 0.25) is 0 Å². The second kappa shape index (κ2) is 5.13. The predicted octanol–water partition coefficient (Wildman–Crippen LogP) is 3.34. The van der Waals surface area contributed by atoms with Gasteiger partial charge < -0.3 is 5.32 Å². The number of rotatable bonds is 3. The third kappa shape index (κ3) is 2.73. The summed E-state index contributed by atoms with van der Waals surface area (Å²) in [6.07, 6.45) is 4.79. The van der Waals surface area contributed by atoms with Crippen molar-refractivity contribution in [1.29, 1.82) is 0 Å². The molecule has 1 heterocycles. The van der Waals surface area contributed by atoms with E-state index in [0.29, 0.717) is 6.04 Å². The van der Waals surface area contributed by atoms with Gasteiger partial charge in [-0.1, -0.05) is 20.8 Å². The van der Waals surface area contributed by atoms with E-state index in [1.165, 1.54) is 30.8 Å². The number of aryl methyl sites for hydroxylation is 1. The quantitative estimate of drug-likeness (QED) is 0.879. The molecule has 90 valence electrons. The van der Waals surface area contributed by atoms with Gasteiger partial charge in [0.05, 0.1) is 0 Å². The summed E-state index contributed by atoms with van der Waals surface area (Å²) < 4.78 is 4.30. The molecule has 16 heavy (non-hydrogen) atoms. The van der Waals surface area contributed by atoms with Crippen LogP contribution in [-0.2, 0) is 6.42 Å². The van der Waals surface area contributed by atoms with Crippen molar-refractivity contribution in [2.45, 2.75) is 52.5 Å². The summed E-state index contributed by atoms with van der Waals surface area (Å²) in [5.41, 5.74) is 0. The second-order valence-corrected chi connectivity index (χ2v) is 5.73. The fourth-order valence-corrected chi connectivity index (χ4v) is 3.04. The molecule has 0 aliphatic heterocycles. The molecule has 1 fully saturated rings. The number of nitrogens with zero attached hydrogens (tertiary/aromatic N) is 2. The minimum atomic E-state index is 0.601. The SMILES string of the molecule is CCc1nsc(NC2CCC(C)C(C)C2)n1. The summed E-state index contributed by atoms with van der Waals surface area (Å²) in [6, 6.07) is 0.601. The summed E-state index contributed by atoms with van der Waals surface area (Å²) in [5, 5.41) is 4.53. The maximum absolute atomic E-state index is 4.46. The van der Waals surface area contributed by atoms with E-state index in [1.54, 1.807) is 0 Å². The van der Waals surface area contributed by atoms with E-state index in [-0.39, 0.29) is 0 Å². The fraction of sp³-hybridized carbons (Fsp3) is 0.833. The van der Waals surface area contributed by atoms with E-state index in [1.807, 2.05) is 0 Å². The molecule has 1 aliphatic carbocycles. The minimum Gasteiger partial charge on any atom is -0.358 e. The zero-order chi connectivity index (χ0) is 11.5. The van der Waals surface area contributed by atoms with Crippen LogP contribution in [0.5, 0.6) is 0 Å². The topological polar surface area (TPSA) is 37.8 Å². The largest absolute Gasteiger partial charge is 0.358 e. The molecule has 0 bridgehead atoms. The summed E-state index contributed by atoms with van der Waals surface area (Å²) in [4.78, 5) is 4.46. The molecule has 3 atom stereocenters. The molecule has 0 saturated heterocycles. The first kappa shape index (κ1) is 11.8. The van der Waals surface area contributed by atoms with Crippen molar-refractivity contribution in [2.24, 2.45) is 11.8 Å². The molecule has 2 rings (SSSR count). The van der Waals surface area contributed by atoms with Gasteiger partial charge in [-0.05, 0) is 31.1 Å². The Hall–Kier alpha value is -0.640. The highest BCUT2D eigenvalue weighted by atomic mass is 32.1. The maximum Gasteiger partial charge on any atom is 0.202 e. The Balaban J connectivity index is 1.90. The molecule has 3 nitrogen and oxygen atoms in total. The van der Waals surface area contributed by atoms with Gasteiger partial charge in [-0.25, -0.2) is 4.98 Å². The Morgan fingerprint density at radius 3 is 2.75 bits per heavy atom. The third-order valence-electron chi connectivity index (χ3n) is 3.71. The van der Waals surface area contributed by atoms with Crippen LogP contribution in [0.3, 0.4) is 0 Å². The Bertz CT molecular complexity index is 337. The molecule has 1 aromatic heterocycles. The number of hydrogen-bond acceptors (Lipinski definition) is 4. The van der Waals surface area contributed by atoms with E-state index in [9.17, 15) is 0 Å². The first-order chi connectivity index (χ1) is 7.69. The van der Waals surface area contributed by atoms with Crippen LogP contribution in [0.4, 0.5) is 5.13 Å². The summed E-state index contributed by atoms with van der Waals surface area (Å²) in [6.45, 7) is 6.81. The van der Waals surface area contributed by atoms with Crippen LogP contribution in [0, 0.1) is 11.8 Å². The first-order valence-corrected chi connectivity index (χ1v) is 7.05. The lowest BCUT2D eigenvalue weighted by atomic mass is 9.79. The van der Waals surface area contributed by atoms with Crippen molar-refractivity contribution in [3.05, 3.63) is 5.82 Å². The molecule has 1 aliphatic rings. The van der Waals surface area contributed by atoms with Crippen LogP contribution in [0.25, 0.3) is 0 Å². The van der Waals surface area contributed by atoms with Gasteiger partial charge >= 0.3 is 0 Å². The Labute approximate surface area is 102 Å². The average molecular weight is 239 g/mol. The number of nitrogens with one attached hydrogen (secondary N) is 1. The molecule has 3 unspecified atom stereocenters. The normalized spacial score (nSPS) is 30.3. The zero-order valence-electron chi connectivity index (χ0n) is 10.4. The highest BCUT2D eigenvalue weighted by Gasteiger charge is 2.24. The van der Waals surface area contributed by atoms with Gasteiger partial charge in [0.25, 0.3) is 0 Å². The van der Waals surface area contributed by atoms with E-state index in [0.717, 1.165) is 29.2 Å². The Morgan fingerprint density at radius 1 is 1.31 bits per heavy atom. The summed E-state index contributed by atoms with van der Waals surface area (Å²) in [7, 11) is 0. The van der Waals surface area contributed by atoms with Crippen LogP contribution >= 0.6 is 11.5 Å². The van der Waals surface area contributed by atoms with Gasteiger partial charge in [0.2, 0.25) is 5.13 Å². The highest BCUT2D eigenvalue weighted by Crippen LogP contribution is 2.31. The monoisotopic (exact) mass is 239 g/mol. The lowest BCUT2D eigenvalue weighted by molar-refractivity contribution is 0.261. The van der Waals surface area contributed by atoms with Gasteiger partial charge in [0.1, 0.15) is 5.82 Å². The molecule has 0 radical (unpaired) electrons. The standard InChI is InChI=1S/C12H21N3S/c1-4-11-14-12(16-15-11)13-10-6-5-8(2)9(3)7-10/h8-10H,4-7H2,1-3H3,(H,13,14,15). The van der Waals surface area contributed by atoms with Crippen molar-refractivity contribution in [3.63, 3.8) is 0 Å². The van der Waals surface area contributed by atoms with Crippen LogP contribution in [0.1, 0.15) is 45.9 Å². The fourth-order valence-electron chi connectivity index (χ4n) is 2.31. The highest BCUT2D eigenvalue weighted by molar-refractivity contribution is 7.09. The molecule has 0 spiro atoms. The summed E-state index contributed by atoms with van der Waals surface area (Å²) >= 11 is 1.50. The lowest BCUT2D eigenvalue weighted by Gasteiger charge is -2.32. The van der Waals surface area contributed by atoms with Crippen LogP contribution in [0.15, 0.2) is 0 Å². The third-order valence-corrected chi connectivity index (χ3v) is 4.39. The van der Waals surface area contributed by atoms with Crippen LogP contribution in [-0.4, -0.2) is 15.4 Å². The molecule has 0 aromatic carbocycles. The molecule has 1 N–H and O–H groups in total. The average Bonchev–Trinajstić information content (AvgIpc) is 2.71. The van der Waals surface area contributed by atoms with Gasteiger partial charge in [-0.3, -0.25) is 0 Å². The first-order valence-electron chi connectivity index (χ1n) is 6.28. The second-order valence-electron chi connectivity index (χ2n) is 4.98. The van der Waals surface area contributed by atoms with E-state index < -0.39 is 0 Å². The van der Waals surface area contributed by atoms with Crippen molar-refractivity contribution in [2.75, 3.05) is 5.32 Å². The molecular formula is C12H21N3S. The van der Waals surface area contributed by atoms with E-state index in [4.69, 9.17) is 0 Å². The maximum atomic E-state index is 4.46. The van der Waals surface area contributed by atoms with Crippen molar-refractivity contribution in [1.82, 2.24) is 9.36 Å². The van der Waals surface area contributed by atoms with Crippen molar-refractivity contribution in [3.8, 4) is 0 Å². The van der Waals surface area contributed by atoms with Gasteiger partial charge in [-0.15, -0.1) is 0 Å². The smallest absolute Gasteiger partial charge is 0.202 e. The molecule has 0 amide bonds. The molecule has 1 aromatic rings. The van der Waals surface area contributed by atoms with Gasteiger partial charge in [-0.2, -0.15) is 4.37 Å². The zero-order valence-corrected chi connectivity index (χ0v) is 11.2. The van der Waals surface area contributed by atoms with Gasteiger partial charge in [0.15, 0.2) is 0 Å². The summed E-state index contributed by atoms with van der Waals surface area (Å²) in [5.74, 6) is 2.66. The molecule has 4 heteroatoms. The van der Waals surface area contributed by atoms with Crippen molar-refractivity contribution < 1.29 is 0 Å². The van der Waals surface area contributed by atoms with E-state index in [2.05, 4.69) is 35.4 Å². The predicted molar refractivity (Wildman–Crippen MR) is 68.9 cm³/mol. The van der Waals surface area contributed by atoms with Crippen LogP contribution < -0.4 is 5.32 Å². The number of anilines is 1. The Morgan fingerprint density at radius 2 is 2.12 bits per heavy atom. The number of hydrogen-bond donors (Lipinski definition) is 1. The van der Waals surface area contributed by atoms with Crippen molar-refractivity contribution >= 4 is 16.7 Å². The molecule has 1 saturated carbocycles. The minimum absolute atomic E-state index is 0.601. The molecular weight excluding hydrogens is 218 g/mol. The van der Waals surface area contributed by atoms with Gasteiger partial charge in [0, 0.05) is 24.0 Å². The Kier molecular flexibility index (Phi) is 3.79. The van der Waals surface area contributed by atoms with E-state index >= 15 is 0 Å². The number of aromatic nitrogens is 2.